The largest absolute Gasteiger partial charge is 0.356 e. The van der Waals surface area contributed by atoms with Crippen LogP contribution in [0, 0.1) is 11.6 Å². The molecule has 0 unspecified atom stereocenters. The summed E-state index contributed by atoms with van der Waals surface area (Å²) in [7, 11) is 0. The van der Waals surface area contributed by atoms with Crippen LogP contribution in [0.1, 0.15) is 16.8 Å². The zero-order valence-corrected chi connectivity index (χ0v) is 12.4. The third kappa shape index (κ3) is 3.34. The lowest BCUT2D eigenvalue weighted by Gasteiger charge is -2.18. The van der Waals surface area contributed by atoms with Gasteiger partial charge in [-0.15, -0.1) is 0 Å². The number of aromatic nitrogens is 2. The summed E-state index contributed by atoms with van der Waals surface area (Å²) in [6, 6.07) is 3.96. The summed E-state index contributed by atoms with van der Waals surface area (Å²) in [6.07, 6.45) is 0.588. The van der Waals surface area contributed by atoms with Crippen LogP contribution >= 0.6 is 0 Å². The Kier molecular flexibility index (Phi) is 4.15. The van der Waals surface area contributed by atoms with E-state index in [0.29, 0.717) is 25.3 Å². The van der Waals surface area contributed by atoms with Crippen molar-refractivity contribution in [2.75, 3.05) is 18.0 Å². The number of amides is 1. The molecule has 0 spiro atoms. The average Bonchev–Trinajstić information content (AvgIpc) is 2.97. The van der Waals surface area contributed by atoms with Crippen LogP contribution in [0.25, 0.3) is 0 Å². The summed E-state index contributed by atoms with van der Waals surface area (Å²) in [5.74, 6) is -2.25. The van der Waals surface area contributed by atoms with E-state index in [0.717, 1.165) is 12.1 Å². The molecule has 1 aliphatic rings. The molecule has 1 amide bonds. The molecular formula is C15H14F2N4O3. The second-order valence-corrected chi connectivity index (χ2v) is 5.51. The fourth-order valence-corrected chi connectivity index (χ4v) is 2.63. The van der Waals surface area contributed by atoms with E-state index >= 15 is 0 Å². The van der Waals surface area contributed by atoms with Gasteiger partial charge in [0.15, 0.2) is 11.6 Å². The van der Waals surface area contributed by atoms with Crippen LogP contribution in [-0.2, 0) is 0 Å². The molecule has 0 saturated carbocycles. The quantitative estimate of drug-likeness (QED) is 0.753. The maximum absolute atomic E-state index is 13.2. The van der Waals surface area contributed by atoms with Crippen LogP contribution in [-0.4, -0.2) is 35.0 Å². The van der Waals surface area contributed by atoms with Crippen LogP contribution in [0.15, 0.2) is 33.9 Å². The lowest BCUT2D eigenvalue weighted by Crippen LogP contribution is -2.38. The second kappa shape index (κ2) is 6.26. The third-order valence-electron chi connectivity index (χ3n) is 3.79. The van der Waals surface area contributed by atoms with Crippen LogP contribution < -0.4 is 21.5 Å². The van der Waals surface area contributed by atoms with E-state index in [2.05, 4.69) is 15.3 Å². The van der Waals surface area contributed by atoms with Gasteiger partial charge in [0.1, 0.15) is 5.82 Å². The molecule has 0 aliphatic carbocycles. The number of aromatic amines is 2. The van der Waals surface area contributed by atoms with E-state index in [-0.39, 0.29) is 11.6 Å². The van der Waals surface area contributed by atoms with Crippen LogP contribution in [0.5, 0.6) is 0 Å². The number of halogens is 2. The first-order valence-electron chi connectivity index (χ1n) is 7.27. The minimum atomic E-state index is -1.09. The van der Waals surface area contributed by atoms with Gasteiger partial charge in [-0.3, -0.25) is 19.6 Å². The van der Waals surface area contributed by atoms with E-state index in [1.807, 2.05) is 0 Å². The predicted octanol–water partition coefficient (Wildman–Crippen LogP) is 0.350. The van der Waals surface area contributed by atoms with Crippen molar-refractivity contribution in [1.82, 2.24) is 15.3 Å². The molecule has 126 valence electrons. The third-order valence-corrected chi connectivity index (χ3v) is 3.79. The Hall–Kier alpha value is -2.97. The molecule has 3 N–H and O–H groups in total. The normalized spacial score (nSPS) is 17.1. The Balaban J connectivity index is 1.67. The SMILES string of the molecule is O=C(N[C@@H]1CCN(c2cc(=O)[nH]c(=O)[nH]2)C1)c1ccc(F)c(F)c1. The van der Waals surface area contributed by atoms with Gasteiger partial charge in [0.2, 0.25) is 0 Å². The predicted molar refractivity (Wildman–Crippen MR) is 82.1 cm³/mol. The van der Waals surface area contributed by atoms with Crippen LogP contribution in [0.2, 0.25) is 0 Å². The zero-order valence-electron chi connectivity index (χ0n) is 12.4. The van der Waals surface area contributed by atoms with Crippen molar-refractivity contribution in [2.45, 2.75) is 12.5 Å². The number of anilines is 1. The minimum Gasteiger partial charge on any atom is -0.356 e. The van der Waals surface area contributed by atoms with Gasteiger partial charge in [0, 0.05) is 30.8 Å². The maximum atomic E-state index is 13.2. The van der Waals surface area contributed by atoms with Crippen LogP contribution in [0.3, 0.4) is 0 Å². The molecule has 1 atom stereocenters. The van der Waals surface area contributed by atoms with E-state index < -0.39 is 28.8 Å². The highest BCUT2D eigenvalue weighted by Gasteiger charge is 2.25. The zero-order chi connectivity index (χ0) is 17.3. The number of rotatable bonds is 3. The summed E-state index contributed by atoms with van der Waals surface area (Å²) in [5, 5.41) is 2.72. The topological polar surface area (TPSA) is 98.1 Å². The number of H-pyrrole nitrogens is 2. The summed E-state index contributed by atoms with van der Waals surface area (Å²) >= 11 is 0. The van der Waals surface area contributed by atoms with Crippen molar-refractivity contribution in [3.05, 3.63) is 62.3 Å². The van der Waals surface area contributed by atoms with Gasteiger partial charge in [-0.2, -0.15) is 0 Å². The molecule has 24 heavy (non-hydrogen) atoms. The highest BCUT2D eigenvalue weighted by molar-refractivity contribution is 5.94. The highest BCUT2D eigenvalue weighted by Crippen LogP contribution is 2.16. The van der Waals surface area contributed by atoms with Crippen molar-refractivity contribution in [1.29, 1.82) is 0 Å². The second-order valence-electron chi connectivity index (χ2n) is 5.51. The first kappa shape index (κ1) is 15.9. The first-order chi connectivity index (χ1) is 11.4. The number of carbonyl (C=O) groups excluding carboxylic acids is 1. The molecular weight excluding hydrogens is 322 g/mol. The van der Waals surface area contributed by atoms with Crippen molar-refractivity contribution < 1.29 is 13.6 Å². The monoisotopic (exact) mass is 336 g/mol. The van der Waals surface area contributed by atoms with Gasteiger partial charge >= 0.3 is 5.69 Å². The molecule has 1 aromatic carbocycles. The molecule has 9 heteroatoms. The molecule has 3 rings (SSSR count). The Morgan fingerprint density at radius 3 is 2.67 bits per heavy atom. The van der Waals surface area contributed by atoms with E-state index in [1.165, 1.54) is 12.1 Å². The van der Waals surface area contributed by atoms with E-state index in [9.17, 15) is 23.2 Å². The molecule has 2 aromatic rings. The van der Waals surface area contributed by atoms with Gasteiger partial charge in [0.05, 0.1) is 0 Å². The van der Waals surface area contributed by atoms with Crippen molar-refractivity contribution in [2.24, 2.45) is 0 Å². The standard InChI is InChI=1S/C15H14F2N4O3/c16-10-2-1-8(5-11(10)17)14(23)18-9-3-4-21(7-9)12-6-13(22)20-15(24)19-12/h1-2,5-6,9H,3-4,7H2,(H,18,23)(H2,19,20,22,24)/t9-/m1/s1. The Morgan fingerprint density at radius 2 is 1.96 bits per heavy atom. The molecule has 0 bridgehead atoms. The lowest BCUT2D eigenvalue weighted by molar-refractivity contribution is 0.0940. The molecule has 1 saturated heterocycles. The first-order valence-corrected chi connectivity index (χ1v) is 7.27. The average molecular weight is 336 g/mol. The maximum Gasteiger partial charge on any atom is 0.327 e. The molecule has 1 fully saturated rings. The fourth-order valence-electron chi connectivity index (χ4n) is 2.63. The van der Waals surface area contributed by atoms with E-state index in [1.54, 1.807) is 4.90 Å². The Labute approximate surface area is 134 Å². The Morgan fingerprint density at radius 1 is 1.17 bits per heavy atom. The van der Waals surface area contributed by atoms with Gasteiger partial charge in [-0.25, -0.2) is 13.6 Å². The Bertz CT molecular complexity index is 865. The fraction of sp³-hybridized carbons (Fsp3) is 0.267. The van der Waals surface area contributed by atoms with Gasteiger partial charge < -0.3 is 10.2 Å². The van der Waals surface area contributed by atoms with Crippen molar-refractivity contribution in [3.63, 3.8) is 0 Å². The van der Waals surface area contributed by atoms with Gasteiger partial charge in [-0.1, -0.05) is 0 Å². The highest BCUT2D eigenvalue weighted by atomic mass is 19.2. The van der Waals surface area contributed by atoms with Crippen molar-refractivity contribution >= 4 is 11.7 Å². The number of hydrogen-bond acceptors (Lipinski definition) is 4. The molecule has 0 radical (unpaired) electrons. The number of benzene rings is 1. The molecule has 2 heterocycles. The van der Waals surface area contributed by atoms with Gasteiger partial charge in [0.25, 0.3) is 11.5 Å². The molecule has 7 nitrogen and oxygen atoms in total. The number of carbonyl (C=O) groups is 1. The molecule has 1 aliphatic heterocycles. The summed E-state index contributed by atoms with van der Waals surface area (Å²) in [4.78, 5) is 41.1. The molecule has 1 aromatic heterocycles. The summed E-state index contributed by atoms with van der Waals surface area (Å²) in [5.41, 5.74) is -1.09. The van der Waals surface area contributed by atoms with E-state index in [4.69, 9.17) is 0 Å². The van der Waals surface area contributed by atoms with Crippen molar-refractivity contribution in [3.8, 4) is 0 Å². The van der Waals surface area contributed by atoms with Gasteiger partial charge in [-0.05, 0) is 24.6 Å². The van der Waals surface area contributed by atoms with Crippen LogP contribution in [0.4, 0.5) is 14.6 Å². The number of nitrogens with one attached hydrogen (secondary N) is 3. The number of nitrogens with zero attached hydrogens (tertiary/aromatic N) is 1. The number of hydrogen-bond donors (Lipinski definition) is 3. The summed E-state index contributed by atoms with van der Waals surface area (Å²) < 4.78 is 26.1. The smallest absolute Gasteiger partial charge is 0.327 e. The summed E-state index contributed by atoms with van der Waals surface area (Å²) in [6.45, 7) is 0.914. The minimum absolute atomic E-state index is 0.0249. The lowest BCUT2D eigenvalue weighted by atomic mass is 10.1.